The number of hydrogen-bond donors (Lipinski definition) is 1. The van der Waals surface area contributed by atoms with Crippen molar-refractivity contribution < 1.29 is 17.9 Å². The van der Waals surface area contributed by atoms with Gasteiger partial charge in [-0.2, -0.15) is 0 Å². The molecule has 1 N–H and O–H groups in total. The fourth-order valence-corrected chi connectivity index (χ4v) is 7.02. The molecule has 33 heavy (non-hydrogen) atoms. The number of carbonyl (C=O) groups is 1. The van der Waals surface area contributed by atoms with E-state index in [4.69, 9.17) is 4.74 Å². The number of aryl methyl sites for hydroxylation is 1. The molecule has 0 bridgehead atoms. The third-order valence-electron chi connectivity index (χ3n) is 7.06. The Balaban J connectivity index is 1.67. The first-order valence-corrected chi connectivity index (χ1v) is 12.8. The highest BCUT2D eigenvalue weighted by Gasteiger charge is 2.41. The molecule has 1 amide bonds. The average molecular weight is 472 g/mol. The van der Waals surface area contributed by atoms with E-state index in [2.05, 4.69) is 17.3 Å². The molecule has 2 heterocycles. The molecule has 1 saturated heterocycles. The van der Waals surface area contributed by atoms with Gasteiger partial charge in [-0.1, -0.05) is 18.2 Å². The molecule has 0 saturated carbocycles. The number of para-hydroxylation sites is 1. The van der Waals surface area contributed by atoms with E-state index in [1.165, 1.54) is 4.31 Å². The molecule has 4 rings (SSSR count). The first kappa shape index (κ1) is 23.6. The summed E-state index contributed by atoms with van der Waals surface area (Å²) in [5, 5.41) is 3.18. The summed E-state index contributed by atoms with van der Waals surface area (Å²) in [4.78, 5) is 15.8. The molecule has 7 nitrogen and oxygen atoms in total. The Hall–Kier alpha value is -2.58. The highest BCUT2D eigenvalue weighted by molar-refractivity contribution is 7.93. The van der Waals surface area contributed by atoms with Gasteiger partial charge in [0.15, 0.2) is 0 Å². The second-order valence-electron chi connectivity index (χ2n) is 9.21. The van der Waals surface area contributed by atoms with Gasteiger partial charge in [0, 0.05) is 6.04 Å². The molecular formula is C25H33N3O4S. The Bertz CT molecular complexity index is 1170. The largest absolute Gasteiger partial charge is 0.496 e. The minimum Gasteiger partial charge on any atom is -0.496 e. The van der Waals surface area contributed by atoms with Crippen molar-refractivity contribution in [3.8, 4) is 5.75 Å². The number of hydrogen-bond acceptors (Lipinski definition) is 5. The lowest BCUT2D eigenvalue weighted by atomic mass is 9.98. The number of methoxy groups -OCH3 is 1. The maximum absolute atomic E-state index is 13.9. The second kappa shape index (κ2) is 8.99. The average Bonchev–Trinajstić information content (AvgIpc) is 3.18. The van der Waals surface area contributed by atoms with Crippen LogP contribution in [0.3, 0.4) is 0 Å². The number of ether oxygens (including phenoxy) is 1. The van der Waals surface area contributed by atoms with Crippen molar-refractivity contribution in [2.75, 3.05) is 38.1 Å². The van der Waals surface area contributed by atoms with Crippen LogP contribution in [0.25, 0.3) is 0 Å². The van der Waals surface area contributed by atoms with Gasteiger partial charge in [0.05, 0.1) is 30.2 Å². The van der Waals surface area contributed by atoms with Crippen LogP contribution in [0.2, 0.25) is 0 Å². The Morgan fingerprint density at radius 3 is 2.42 bits per heavy atom. The summed E-state index contributed by atoms with van der Waals surface area (Å²) in [7, 11) is -0.211. The number of sulfonamides is 1. The van der Waals surface area contributed by atoms with Crippen molar-refractivity contribution in [1.82, 2.24) is 10.2 Å². The summed E-state index contributed by atoms with van der Waals surface area (Å²) in [6.07, 6.45) is 1.81. The number of likely N-dealkylation sites (tertiary alicyclic amines) is 1. The van der Waals surface area contributed by atoms with E-state index in [0.717, 1.165) is 37.1 Å². The summed E-state index contributed by atoms with van der Waals surface area (Å²) >= 11 is 0. The first-order valence-electron chi connectivity index (χ1n) is 11.4. The zero-order chi connectivity index (χ0) is 23.9. The van der Waals surface area contributed by atoms with Crippen LogP contribution in [0, 0.1) is 20.8 Å². The zero-order valence-corrected chi connectivity index (χ0v) is 20.8. The van der Waals surface area contributed by atoms with Crippen molar-refractivity contribution >= 4 is 21.6 Å². The number of anilines is 1. The number of nitrogens with zero attached hydrogens (tertiary/aromatic N) is 2. The SMILES string of the molecule is COc1cc(C)c(S(=O)(=O)N2CC(C(=O)NC3CCN(C)CC3)c3ccccc32)c(C)c1C. The molecule has 178 valence electrons. The number of carbonyl (C=O) groups excluding carboxylic acids is 1. The van der Waals surface area contributed by atoms with Gasteiger partial charge in [0.2, 0.25) is 5.91 Å². The summed E-state index contributed by atoms with van der Waals surface area (Å²) in [6.45, 7) is 7.45. The molecule has 1 atom stereocenters. The quantitative estimate of drug-likeness (QED) is 0.725. The minimum absolute atomic E-state index is 0.101. The van der Waals surface area contributed by atoms with Crippen molar-refractivity contribution in [2.24, 2.45) is 0 Å². The third-order valence-corrected chi connectivity index (χ3v) is 9.13. The maximum atomic E-state index is 13.9. The van der Waals surface area contributed by atoms with E-state index >= 15 is 0 Å². The predicted molar refractivity (Wildman–Crippen MR) is 130 cm³/mol. The number of fused-ring (bicyclic) bond motifs is 1. The molecule has 8 heteroatoms. The molecular weight excluding hydrogens is 438 g/mol. The number of benzene rings is 2. The lowest BCUT2D eigenvalue weighted by Gasteiger charge is -2.30. The van der Waals surface area contributed by atoms with Gasteiger partial charge in [-0.05, 0) is 88.1 Å². The van der Waals surface area contributed by atoms with Crippen molar-refractivity contribution in [3.05, 3.63) is 52.6 Å². The Morgan fingerprint density at radius 2 is 1.76 bits per heavy atom. The van der Waals surface area contributed by atoms with Crippen LogP contribution in [0.4, 0.5) is 5.69 Å². The highest BCUT2D eigenvalue weighted by atomic mass is 32.2. The van der Waals surface area contributed by atoms with Gasteiger partial charge in [-0.25, -0.2) is 8.42 Å². The van der Waals surface area contributed by atoms with E-state index in [-0.39, 0.29) is 23.4 Å². The molecule has 0 aromatic heterocycles. The van der Waals surface area contributed by atoms with Gasteiger partial charge in [-0.15, -0.1) is 0 Å². The van der Waals surface area contributed by atoms with Crippen LogP contribution in [0.15, 0.2) is 35.2 Å². The van der Waals surface area contributed by atoms with Gasteiger partial charge in [0.25, 0.3) is 10.0 Å². The molecule has 0 aliphatic carbocycles. The first-order chi connectivity index (χ1) is 15.6. The van der Waals surface area contributed by atoms with E-state index in [0.29, 0.717) is 22.6 Å². The van der Waals surface area contributed by atoms with Crippen molar-refractivity contribution in [1.29, 1.82) is 0 Å². The number of rotatable bonds is 5. The van der Waals surface area contributed by atoms with Crippen LogP contribution in [-0.2, 0) is 14.8 Å². The van der Waals surface area contributed by atoms with Crippen LogP contribution in [0.1, 0.15) is 41.0 Å². The fourth-order valence-electron chi connectivity index (χ4n) is 5.02. The Labute approximate surface area is 196 Å². The summed E-state index contributed by atoms with van der Waals surface area (Å²) in [6, 6.07) is 9.22. The Kier molecular flexibility index (Phi) is 6.42. The Morgan fingerprint density at radius 1 is 1.09 bits per heavy atom. The molecule has 2 aliphatic rings. The minimum atomic E-state index is -3.88. The molecule has 2 aromatic carbocycles. The fraction of sp³-hybridized carbons (Fsp3) is 0.480. The number of amides is 1. The van der Waals surface area contributed by atoms with Gasteiger partial charge >= 0.3 is 0 Å². The number of nitrogens with one attached hydrogen (secondary N) is 1. The lowest BCUT2D eigenvalue weighted by molar-refractivity contribution is -0.123. The van der Waals surface area contributed by atoms with Crippen LogP contribution in [-0.4, -0.2) is 59.1 Å². The summed E-state index contributed by atoms with van der Waals surface area (Å²) in [5.41, 5.74) is 3.43. The monoisotopic (exact) mass is 471 g/mol. The normalized spacial score (nSPS) is 19.4. The molecule has 0 spiro atoms. The lowest BCUT2D eigenvalue weighted by Crippen LogP contribution is -2.45. The van der Waals surface area contributed by atoms with Crippen molar-refractivity contribution in [3.63, 3.8) is 0 Å². The second-order valence-corrected chi connectivity index (χ2v) is 11.0. The molecule has 0 radical (unpaired) electrons. The van der Waals surface area contributed by atoms with Crippen LogP contribution < -0.4 is 14.4 Å². The third kappa shape index (κ3) is 4.22. The van der Waals surface area contributed by atoms with Gasteiger partial charge < -0.3 is 15.0 Å². The summed E-state index contributed by atoms with van der Waals surface area (Å²) in [5.74, 6) is 0.0331. The van der Waals surface area contributed by atoms with E-state index in [1.54, 1.807) is 26.2 Å². The molecule has 1 fully saturated rings. The van der Waals surface area contributed by atoms with E-state index in [9.17, 15) is 13.2 Å². The predicted octanol–water partition coefficient (Wildman–Crippen LogP) is 3.12. The molecule has 2 aliphatic heterocycles. The van der Waals surface area contributed by atoms with Gasteiger partial charge in [0.1, 0.15) is 5.75 Å². The van der Waals surface area contributed by atoms with Crippen LogP contribution >= 0.6 is 0 Å². The smallest absolute Gasteiger partial charge is 0.264 e. The van der Waals surface area contributed by atoms with E-state index < -0.39 is 15.9 Å². The van der Waals surface area contributed by atoms with E-state index in [1.807, 2.05) is 32.0 Å². The van der Waals surface area contributed by atoms with Gasteiger partial charge in [-0.3, -0.25) is 9.10 Å². The highest BCUT2D eigenvalue weighted by Crippen LogP contribution is 2.42. The maximum Gasteiger partial charge on any atom is 0.264 e. The van der Waals surface area contributed by atoms with Crippen LogP contribution in [0.5, 0.6) is 5.75 Å². The standard InChI is InChI=1S/C25H33N3O4S/c1-16-14-23(32-5)17(2)18(3)24(16)33(30,31)28-15-21(20-8-6-7-9-22(20)28)25(29)26-19-10-12-27(4)13-11-19/h6-9,14,19,21H,10-13,15H2,1-5H3,(H,26,29). The summed E-state index contributed by atoms with van der Waals surface area (Å²) < 4.78 is 34.7. The number of piperidine rings is 1. The molecule has 2 aromatic rings. The molecule has 1 unspecified atom stereocenters. The van der Waals surface area contributed by atoms with Crippen molar-refractivity contribution in [2.45, 2.75) is 50.5 Å². The zero-order valence-electron chi connectivity index (χ0n) is 20.0. The topological polar surface area (TPSA) is 79.0 Å².